The van der Waals surface area contributed by atoms with E-state index in [2.05, 4.69) is 19.1 Å². The van der Waals surface area contributed by atoms with Crippen molar-refractivity contribution in [1.29, 1.82) is 0 Å². The largest absolute Gasteiger partial charge is 0.394 e. The summed E-state index contributed by atoms with van der Waals surface area (Å²) in [5, 5.41) is 28.6. The van der Waals surface area contributed by atoms with Gasteiger partial charge in [-0.25, -0.2) is 0 Å². The Hall–Kier alpha value is -0.460. The molecule has 4 atom stereocenters. The van der Waals surface area contributed by atoms with Crippen LogP contribution in [0.2, 0.25) is 0 Å². The van der Waals surface area contributed by atoms with Gasteiger partial charge in [0.2, 0.25) is 0 Å². The first-order chi connectivity index (χ1) is 14.7. The van der Waals surface area contributed by atoms with Gasteiger partial charge in [0.25, 0.3) is 0 Å². The van der Waals surface area contributed by atoms with Crippen molar-refractivity contribution in [1.82, 2.24) is 0 Å². The molecule has 1 aliphatic rings. The van der Waals surface area contributed by atoms with Crippen LogP contribution in [0.3, 0.4) is 0 Å². The second kappa shape index (κ2) is 19.2. The minimum Gasteiger partial charge on any atom is -0.394 e. The maximum absolute atomic E-state index is 10.1. The number of hydrogen-bond acceptors (Lipinski definition) is 5. The number of unbranched alkanes of at least 4 members (excludes halogenated alkanes) is 13. The van der Waals surface area contributed by atoms with Gasteiger partial charge in [-0.3, -0.25) is 0 Å². The van der Waals surface area contributed by atoms with E-state index in [1.54, 1.807) is 0 Å². The number of aliphatic hydroxyl groups is 3. The smallest absolute Gasteiger partial charge is 0.114 e. The molecule has 178 valence electrons. The quantitative estimate of drug-likeness (QED) is 0.190. The lowest BCUT2D eigenvalue weighted by Gasteiger charge is -2.20. The van der Waals surface area contributed by atoms with Crippen molar-refractivity contribution in [3.8, 4) is 0 Å². The second-order valence-corrected chi connectivity index (χ2v) is 8.74. The summed E-state index contributed by atoms with van der Waals surface area (Å²) in [5.41, 5.74) is 0. The fraction of sp³-hybridized carbons (Fsp3) is 0.920. The molecule has 3 N–H and O–H groups in total. The predicted octanol–water partition coefficient (Wildman–Crippen LogP) is 4.91. The Balaban J connectivity index is 1.82. The van der Waals surface area contributed by atoms with E-state index >= 15 is 0 Å². The number of allylic oxidation sites excluding steroid dienone is 2. The fourth-order valence-corrected chi connectivity index (χ4v) is 3.97. The Labute approximate surface area is 184 Å². The summed E-state index contributed by atoms with van der Waals surface area (Å²) in [7, 11) is 0. The highest BCUT2D eigenvalue weighted by molar-refractivity contribution is 4.88. The number of hydrogen-bond donors (Lipinski definition) is 3. The summed E-state index contributed by atoms with van der Waals surface area (Å²) >= 11 is 0. The van der Waals surface area contributed by atoms with Crippen molar-refractivity contribution >= 4 is 0 Å². The van der Waals surface area contributed by atoms with Gasteiger partial charge in [-0.15, -0.1) is 0 Å². The molecular weight excluding hydrogens is 380 g/mol. The zero-order valence-corrected chi connectivity index (χ0v) is 19.4. The lowest BCUT2D eigenvalue weighted by Crippen LogP contribution is -2.41. The van der Waals surface area contributed by atoms with E-state index in [9.17, 15) is 10.2 Å². The average molecular weight is 429 g/mol. The first-order valence-electron chi connectivity index (χ1n) is 12.6. The molecule has 30 heavy (non-hydrogen) atoms. The molecule has 0 radical (unpaired) electrons. The summed E-state index contributed by atoms with van der Waals surface area (Å²) in [4.78, 5) is 0. The van der Waals surface area contributed by atoms with Crippen molar-refractivity contribution in [2.45, 2.75) is 128 Å². The maximum atomic E-state index is 10.1. The van der Waals surface area contributed by atoms with E-state index in [1.165, 1.54) is 70.6 Å². The van der Waals surface area contributed by atoms with Crippen LogP contribution in [0.1, 0.15) is 103 Å². The summed E-state index contributed by atoms with van der Waals surface area (Å²) in [6.07, 6.45) is 21.0. The molecule has 0 unspecified atom stereocenters. The molecule has 0 spiro atoms. The minimum atomic E-state index is -1.05. The maximum Gasteiger partial charge on any atom is 0.114 e. The van der Waals surface area contributed by atoms with Crippen LogP contribution in [-0.2, 0) is 9.47 Å². The molecule has 0 saturated carbocycles. The molecule has 0 amide bonds. The van der Waals surface area contributed by atoms with Crippen molar-refractivity contribution < 1.29 is 24.8 Å². The summed E-state index contributed by atoms with van der Waals surface area (Å²) < 4.78 is 11.0. The zero-order valence-electron chi connectivity index (χ0n) is 19.4. The van der Waals surface area contributed by atoms with Gasteiger partial charge >= 0.3 is 0 Å². The highest BCUT2D eigenvalue weighted by Crippen LogP contribution is 2.20. The Bertz CT molecular complexity index is 401. The molecule has 0 aromatic carbocycles. The monoisotopic (exact) mass is 428 g/mol. The molecule has 0 aromatic rings. The summed E-state index contributed by atoms with van der Waals surface area (Å²) in [6, 6.07) is 0. The summed E-state index contributed by atoms with van der Waals surface area (Å²) in [6.45, 7) is 2.72. The predicted molar refractivity (Wildman–Crippen MR) is 123 cm³/mol. The van der Waals surface area contributed by atoms with E-state index < -0.39 is 31.0 Å². The SMILES string of the molecule is CCCCCCCCCCCC/C=C/CCCCCO[C@@H]1CO[C@@H]([C@@H](O)CO)[C@H]1O. The van der Waals surface area contributed by atoms with Gasteiger partial charge in [0, 0.05) is 6.61 Å². The van der Waals surface area contributed by atoms with Crippen molar-refractivity contribution in [3.63, 3.8) is 0 Å². The molecule has 1 rings (SSSR count). The number of rotatable bonds is 20. The van der Waals surface area contributed by atoms with E-state index in [0.29, 0.717) is 6.61 Å². The van der Waals surface area contributed by atoms with Gasteiger partial charge < -0.3 is 24.8 Å². The first kappa shape index (κ1) is 27.6. The molecule has 0 aromatic heterocycles. The highest BCUT2D eigenvalue weighted by Gasteiger charge is 2.40. The molecule has 1 saturated heterocycles. The Morgan fingerprint density at radius 2 is 1.40 bits per heavy atom. The molecule has 5 nitrogen and oxygen atoms in total. The molecule has 0 bridgehead atoms. The van der Waals surface area contributed by atoms with Crippen LogP contribution in [0.15, 0.2) is 12.2 Å². The molecular formula is C25H48O5. The van der Waals surface area contributed by atoms with Crippen LogP contribution in [0.4, 0.5) is 0 Å². The van der Waals surface area contributed by atoms with Gasteiger partial charge in [-0.2, -0.15) is 0 Å². The third-order valence-electron chi connectivity index (χ3n) is 5.97. The van der Waals surface area contributed by atoms with Crippen molar-refractivity contribution in [2.24, 2.45) is 0 Å². The van der Waals surface area contributed by atoms with Crippen LogP contribution in [0.25, 0.3) is 0 Å². The van der Waals surface area contributed by atoms with E-state index in [1.807, 2.05) is 0 Å². The summed E-state index contributed by atoms with van der Waals surface area (Å²) in [5.74, 6) is 0. The molecule has 1 aliphatic heterocycles. The van der Waals surface area contributed by atoms with Gasteiger partial charge in [-0.1, -0.05) is 83.3 Å². The van der Waals surface area contributed by atoms with Gasteiger partial charge in [0.1, 0.15) is 24.4 Å². The van der Waals surface area contributed by atoms with Gasteiger partial charge in [0.05, 0.1) is 13.2 Å². The van der Waals surface area contributed by atoms with Crippen molar-refractivity contribution in [2.75, 3.05) is 19.8 Å². The first-order valence-corrected chi connectivity index (χ1v) is 12.6. The normalized spacial score (nSPS) is 22.9. The Morgan fingerprint density at radius 3 is 1.97 bits per heavy atom. The Kier molecular flexibility index (Phi) is 17.7. The molecule has 0 aliphatic carbocycles. The van der Waals surface area contributed by atoms with Crippen LogP contribution < -0.4 is 0 Å². The lowest BCUT2D eigenvalue weighted by atomic mass is 10.1. The average Bonchev–Trinajstić information content (AvgIpc) is 3.12. The van der Waals surface area contributed by atoms with Crippen LogP contribution in [0.5, 0.6) is 0 Å². The van der Waals surface area contributed by atoms with Crippen LogP contribution in [0, 0.1) is 0 Å². The lowest BCUT2D eigenvalue weighted by molar-refractivity contribution is -0.0730. The van der Waals surface area contributed by atoms with E-state index in [0.717, 1.165) is 25.7 Å². The Morgan fingerprint density at radius 1 is 0.867 bits per heavy atom. The van der Waals surface area contributed by atoms with Gasteiger partial charge in [0.15, 0.2) is 0 Å². The molecule has 1 fully saturated rings. The van der Waals surface area contributed by atoms with Gasteiger partial charge in [-0.05, 0) is 32.1 Å². The highest BCUT2D eigenvalue weighted by atomic mass is 16.6. The fourth-order valence-electron chi connectivity index (χ4n) is 3.97. The van der Waals surface area contributed by atoms with E-state index in [4.69, 9.17) is 14.6 Å². The van der Waals surface area contributed by atoms with Crippen LogP contribution in [-0.4, -0.2) is 59.6 Å². The molecule has 5 heteroatoms. The third kappa shape index (κ3) is 13.1. The van der Waals surface area contributed by atoms with Crippen molar-refractivity contribution in [3.05, 3.63) is 12.2 Å². The number of aliphatic hydroxyl groups excluding tert-OH is 3. The number of ether oxygens (including phenoxy) is 2. The minimum absolute atomic E-state index is 0.268. The second-order valence-electron chi connectivity index (χ2n) is 8.74. The topological polar surface area (TPSA) is 79.2 Å². The van der Waals surface area contributed by atoms with E-state index in [-0.39, 0.29) is 6.61 Å². The third-order valence-corrected chi connectivity index (χ3v) is 5.97. The zero-order chi connectivity index (χ0) is 21.9. The molecule has 1 heterocycles. The standard InChI is InChI=1S/C25H48O5/c1-2-3-4-5-6-7-8-9-10-11-12-13-14-15-16-17-18-19-29-23-21-30-25(24(23)28)22(27)20-26/h13-14,22-28H,2-12,15-21H2,1H3/b14-13+/t22-,23+,24-,25-/m0/s1. The van der Waals surface area contributed by atoms with Crippen LogP contribution >= 0.6 is 0 Å².